The van der Waals surface area contributed by atoms with Gasteiger partial charge < -0.3 is 9.84 Å². The van der Waals surface area contributed by atoms with E-state index in [-0.39, 0.29) is 18.9 Å². The zero-order chi connectivity index (χ0) is 20.8. The molecule has 7 heteroatoms. The van der Waals surface area contributed by atoms with Crippen LogP contribution >= 0.6 is 24.0 Å². The van der Waals surface area contributed by atoms with Crippen LogP contribution in [0, 0.1) is 12.3 Å². The van der Waals surface area contributed by atoms with Gasteiger partial charge in [0.1, 0.15) is 10.1 Å². The number of carbonyl (C=O) groups excluding carboxylic acids is 1. The van der Waals surface area contributed by atoms with E-state index in [0.29, 0.717) is 34.4 Å². The van der Waals surface area contributed by atoms with Crippen LogP contribution in [-0.4, -0.2) is 39.4 Å². The van der Waals surface area contributed by atoms with Crippen molar-refractivity contribution in [2.24, 2.45) is 0 Å². The minimum atomic E-state index is -0.893. The van der Waals surface area contributed by atoms with Crippen molar-refractivity contribution in [1.29, 1.82) is 0 Å². The first-order valence-corrected chi connectivity index (χ1v) is 10.3. The van der Waals surface area contributed by atoms with Crippen molar-refractivity contribution in [2.75, 3.05) is 13.2 Å². The quantitative estimate of drug-likeness (QED) is 0.294. The van der Waals surface area contributed by atoms with Crippen LogP contribution in [0.4, 0.5) is 0 Å². The number of hydrogen-bond donors (Lipinski definition) is 1. The summed E-state index contributed by atoms with van der Waals surface area (Å²) in [6.07, 6.45) is 7.94. The molecule has 0 unspecified atom stereocenters. The predicted octanol–water partition coefficient (Wildman–Crippen LogP) is 4.31. The van der Waals surface area contributed by atoms with Gasteiger partial charge in [-0.25, -0.2) is 0 Å². The van der Waals surface area contributed by atoms with Crippen LogP contribution in [-0.2, 0) is 9.59 Å². The summed E-state index contributed by atoms with van der Waals surface area (Å²) in [6, 6.07) is 11.7. The van der Waals surface area contributed by atoms with Gasteiger partial charge in [0, 0.05) is 24.9 Å². The molecule has 1 aliphatic heterocycles. The Morgan fingerprint density at radius 1 is 1.31 bits per heavy atom. The third-order valence-corrected chi connectivity index (χ3v) is 5.73. The Hall–Kier alpha value is -2.82. The molecule has 0 spiro atoms. The van der Waals surface area contributed by atoms with Crippen molar-refractivity contribution < 1.29 is 19.4 Å². The van der Waals surface area contributed by atoms with E-state index >= 15 is 0 Å². The summed E-state index contributed by atoms with van der Waals surface area (Å²) in [7, 11) is 0. The van der Waals surface area contributed by atoms with Gasteiger partial charge in [-0.1, -0.05) is 54.3 Å². The number of terminal acetylenes is 1. The molecule has 2 aromatic carbocycles. The second-order valence-electron chi connectivity index (χ2n) is 6.33. The fraction of sp³-hybridized carbons (Fsp3) is 0.227. The van der Waals surface area contributed by atoms with E-state index in [1.54, 1.807) is 6.08 Å². The maximum absolute atomic E-state index is 12.8. The Labute approximate surface area is 178 Å². The molecule has 1 N–H and O–H groups in total. The fourth-order valence-corrected chi connectivity index (χ4v) is 4.27. The van der Waals surface area contributed by atoms with Gasteiger partial charge in [0.2, 0.25) is 0 Å². The minimum Gasteiger partial charge on any atom is -0.492 e. The summed E-state index contributed by atoms with van der Waals surface area (Å²) < 4.78 is 6.29. The lowest BCUT2D eigenvalue weighted by atomic mass is 10.0. The number of carbonyl (C=O) groups is 2. The lowest BCUT2D eigenvalue weighted by Gasteiger charge is -2.13. The molecule has 0 saturated carbocycles. The average Bonchev–Trinajstić information content (AvgIpc) is 2.96. The van der Waals surface area contributed by atoms with Gasteiger partial charge >= 0.3 is 5.97 Å². The standard InChI is InChI=1S/C22H19NO4S2/c1-2-3-13-27-18-11-10-15-7-4-5-8-16(15)17(18)14-19-21(26)23(22(28)29-19)12-6-9-20(24)25/h1,4-5,7-8,10-11,14H,3,6,9,12-13H2,(H,24,25). The van der Waals surface area contributed by atoms with Gasteiger partial charge in [0.15, 0.2) is 0 Å². The number of fused-ring (bicyclic) bond motifs is 1. The molecule has 0 aliphatic carbocycles. The van der Waals surface area contributed by atoms with Crippen molar-refractivity contribution in [3.05, 3.63) is 46.9 Å². The second-order valence-corrected chi connectivity index (χ2v) is 8.01. The highest BCUT2D eigenvalue weighted by atomic mass is 32.2. The molecule has 0 radical (unpaired) electrons. The van der Waals surface area contributed by atoms with Crippen LogP contribution in [0.2, 0.25) is 0 Å². The summed E-state index contributed by atoms with van der Waals surface area (Å²) in [5.41, 5.74) is 0.797. The number of rotatable bonds is 8. The molecule has 0 bridgehead atoms. The smallest absolute Gasteiger partial charge is 0.303 e. The van der Waals surface area contributed by atoms with Crippen molar-refractivity contribution in [1.82, 2.24) is 4.90 Å². The molecule has 5 nitrogen and oxygen atoms in total. The summed E-state index contributed by atoms with van der Waals surface area (Å²) >= 11 is 6.55. The predicted molar refractivity (Wildman–Crippen MR) is 120 cm³/mol. The number of amides is 1. The lowest BCUT2D eigenvalue weighted by molar-refractivity contribution is -0.137. The Morgan fingerprint density at radius 3 is 2.86 bits per heavy atom. The van der Waals surface area contributed by atoms with E-state index in [4.69, 9.17) is 28.5 Å². The number of ether oxygens (including phenoxy) is 1. The van der Waals surface area contributed by atoms with Gasteiger partial charge in [-0.2, -0.15) is 0 Å². The van der Waals surface area contributed by atoms with Crippen LogP contribution in [0.3, 0.4) is 0 Å². The number of thiocarbonyl (C=S) groups is 1. The van der Waals surface area contributed by atoms with Crippen LogP contribution < -0.4 is 4.74 Å². The first kappa shape index (κ1) is 20.9. The number of carboxylic acids is 1. The number of aliphatic carboxylic acids is 1. The van der Waals surface area contributed by atoms with E-state index in [1.807, 2.05) is 36.4 Å². The Bertz CT molecular complexity index is 1040. The number of nitrogens with zero attached hydrogens (tertiary/aromatic N) is 1. The summed E-state index contributed by atoms with van der Waals surface area (Å²) in [4.78, 5) is 25.5. The molecule has 1 amide bonds. The molecule has 2 aromatic rings. The van der Waals surface area contributed by atoms with Gasteiger partial charge in [-0.3, -0.25) is 14.5 Å². The SMILES string of the molecule is C#CCCOc1ccc2ccccc2c1C=C1SC(=S)N(CCCC(=O)O)C1=O. The normalized spacial score (nSPS) is 15.1. The van der Waals surface area contributed by atoms with Crippen LogP contribution in [0.15, 0.2) is 41.3 Å². The molecular formula is C22H19NO4S2. The number of thioether (sulfide) groups is 1. The van der Waals surface area contributed by atoms with Gasteiger partial charge in [-0.05, 0) is 29.3 Å². The maximum atomic E-state index is 12.8. The first-order valence-electron chi connectivity index (χ1n) is 9.06. The van der Waals surface area contributed by atoms with E-state index in [9.17, 15) is 9.59 Å². The van der Waals surface area contributed by atoms with Gasteiger partial charge in [-0.15, -0.1) is 12.3 Å². The fourth-order valence-electron chi connectivity index (χ4n) is 2.98. The van der Waals surface area contributed by atoms with Crippen molar-refractivity contribution in [2.45, 2.75) is 19.3 Å². The Balaban J connectivity index is 1.93. The summed E-state index contributed by atoms with van der Waals surface area (Å²) in [6.45, 7) is 0.668. The summed E-state index contributed by atoms with van der Waals surface area (Å²) in [5.74, 6) is 2.09. The molecular weight excluding hydrogens is 406 g/mol. The number of benzene rings is 2. The molecule has 3 rings (SSSR count). The van der Waals surface area contributed by atoms with E-state index in [1.165, 1.54) is 16.7 Å². The van der Waals surface area contributed by atoms with E-state index in [0.717, 1.165) is 16.3 Å². The molecule has 29 heavy (non-hydrogen) atoms. The van der Waals surface area contributed by atoms with Crippen LogP contribution in [0.5, 0.6) is 5.75 Å². The number of hydrogen-bond acceptors (Lipinski definition) is 5. The zero-order valence-corrected chi connectivity index (χ0v) is 17.2. The largest absolute Gasteiger partial charge is 0.492 e. The first-order chi connectivity index (χ1) is 14.0. The lowest BCUT2D eigenvalue weighted by Crippen LogP contribution is -2.29. The Kier molecular flexibility index (Phi) is 6.91. The van der Waals surface area contributed by atoms with Crippen molar-refractivity contribution >= 4 is 57.0 Å². The van der Waals surface area contributed by atoms with Crippen LogP contribution in [0.1, 0.15) is 24.8 Å². The third kappa shape index (κ3) is 4.97. The zero-order valence-electron chi connectivity index (χ0n) is 15.6. The third-order valence-electron chi connectivity index (χ3n) is 4.36. The molecule has 0 atom stereocenters. The molecule has 1 heterocycles. The maximum Gasteiger partial charge on any atom is 0.303 e. The summed E-state index contributed by atoms with van der Waals surface area (Å²) in [5, 5.41) is 10.8. The van der Waals surface area contributed by atoms with Gasteiger partial charge in [0.05, 0.1) is 11.5 Å². The highest BCUT2D eigenvalue weighted by Gasteiger charge is 2.32. The van der Waals surface area contributed by atoms with Crippen molar-refractivity contribution in [3.8, 4) is 18.1 Å². The van der Waals surface area contributed by atoms with Crippen molar-refractivity contribution in [3.63, 3.8) is 0 Å². The Morgan fingerprint density at radius 2 is 2.10 bits per heavy atom. The molecule has 0 aromatic heterocycles. The molecule has 1 aliphatic rings. The highest BCUT2D eigenvalue weighted by Crippen LogP contribution is 2.37. The molecule has 1 saturated heterocycles. The van der Waals surface area contributed by atoms with Gasteiger partial charge in [0.25, 0.3) is 5.91 Å². The minimum absolute atomic E-state index is 0.00734. The second kappa shape index (κ2) is 9.59. The monoisotopic (exact) mass is 425 g/mol. The molecule has 1 fully saturated rings. The van der Waals surface area contributed by atoms with E-state index in [2.05, 4.69) is 5.92 Å². The highest BCUT2D eigenvalue weighted by molar-refractivity contribution is 8.26. The number of carboxylic acid groups (broad SMARTS) is 1. The van der Waals surface area contributed by atoms with Crippen LogP contribution in [0.25, 0.3) is 16.8 Å². The van der Waals surface area contributed by atoms with E-state index < -0.39 is 5.97 Å². The molecule has 148 valence electrons. The topological polar surface area (TPSA) is 66.8 Å². The average molecular weight is 426 g/mol.